The average Bonchev–Trinajstić information content (AvgIpc) is 2.96. The van der Waals surface area contributed by atoms with Gasteiger partial charge in [0.1, 0.15) is 0 Å². The molecule has 1 heterocycles. The maximum atomic E-state index is 11.0. The molecule has 1 aliphatic carbocycles. The van der Waals surface area contributed by atoms with Gasteiger partial charge in [0.15, 0.2) is 0 Å². The van der Waals surface area contributed by atoms with Gasteiger partial charge in [0, 0.05) is 18.9 Å². The smallest absolute Gasteiger partial charge is 0.307 e. The molecule has 18 heavy (non-hydrogen) atoms. The molecular weight excluding hydrogens is 228 g/mol. The van der Waals surface area contributed by atoms with E-state index in [1.54, 1.807) is 12.5 Å². The van der Waals surface area contributed by atoms with E-state index in [2.05, 4.69) is 23.2 Å². The molecule has 4 nitrogen and oxygen atoms in total. The highest BCUT2D eigenvalue weighted by atomic mass is 16.4. The van der Waals surface area contributed by atoms with Crippen LogP contribution in [0.1, 0.15) is 16.7 Å². The predicted molar refractivity (Wildman–Crippen MR) is 66.3 cm³/mol. The van der Waals surface area contributed by atoms with E-state index in [0.29, 0.717) is 12.8 Å². The number of carboxylic acids is 1. The molecule has 0 unspecified atom stereocenters. The fourth-order valence-corrected chi connectivity index (χ4v) is 2.54. The number of carboxylic acid groups (broad SMARTS) is 1. The number of benzene rings is 1. The first kappa shape index (κ1) is 11.0. The Labute approximate surface area is 105 Å². The summed E-state index contributed by atoms with van der Waals surface area (Å²) >= 11 is 0. The second-order valence-corrected chi connectivity index (χ2v) is 4.78. The Hall–Kier alpha value is -2.10. The van der Waals surface area contributed by atoms with Crippen LogP contribution in [0.5, 0.6) is 0 Å². The minimum atomic E-state index is -0.692. The highest BCUT2D eigenvalue weighted by molar-refractivity contribution is 5.72. The minimum absolute atomic E-state index is 0.247. The van der Waals surface area contributed by atoms with Crippen LogP contribution in [-0.4, -0.2) is 20.6 Å². The van der Waals surface area contributed by atoms with Gasteiger partial charge in [0.2, 0.25) is 0 Å². The number of nitrogens with zero attached hydrogens (tertiary/aromatic N) is 2. The number of carbonyl (C=O) groups is 1. The van der Waals surface area contributed by atoms with Crippen molar-refractivity contribution < 1.29 is 9.90 Å². The summed E-state index contributed by atoms with van der Waals surface area (Å²) in [6.07, 6.45) is 6.78. The average molecular weight is 242 g/mol. The molecule has 1 N–H and O–H groups in total. The Balaban J connectivity index is 1.81. The topological polar surface area (TPSA) is 55.1 Å². The quantitative estimate of drug-likeness (QED) is 0.891. The summed E-state index contributed by atoms with van der Waals surface area (Å²) in [5.74, 6) is -0.939. The molecule has 0 radical (unpaired) electrons. The van der Waals surface area contributed by atoms with Gasteiger partial charge in [-0.05, 0) is 29.5 Å². The molecule has 0 amide bonds. The standard InChI is InChI=1S/C14H14N2O2/c17-14(18)13-6-11-2-1-10(5-12(11)7-13)8-16-4-3-15-9-16/h1-5,9,13H,6-8H2,(H,17,18)/t13-/m1/s1. The molecular formula is C14H14N2O2. The maximum Gasteiger partial charge on any atom is 0.307 e. The fraction of sp³-hybridized carbons (Fsp3) is 0.286. The number of aromatic nitrogens is 2. The van der Waals surface area contributed by atoms with Crippen molar-refractivity contribution in [2.24, 2.45) is 5.92 Å². The van der Waals surface area contributed by atoms with Gasteiger partial charge < -0.3 is 9.67 Å². The summed E-state index contributed by atoms with van der Waals surface area (Å²) in [6, 6.07) is 6.26. The second kappa shape index (κ2) is 4.29. The first-order valence-electron chi connectivity index (χ1n) is 6.01. The number of hydrogen-bond donors (Lipinski definition) is 1. The summed E-state index contributed by atoms with van der Waals surface area (Å²) in [5.41, 5.74) is 3.55. The molecule has 3 rings (SSSR count). The largest absolute Gasteiger partial charge is 0.481 e. The number of imidazole rings is 1. The van der Waals surface area contributed by atoms with Crippen molar-refractivity contribution in [3.8, 4) is 0 Å². The van der Waals surface area contributed by atoms with Gasteiger partial charge in [0.05, 0.1) is 12.2 Å². The van der Waals surface area contributed by atoms with Gasteiger partial charge in [-0.1, -0.05) is 18.2 Å². The van der Waals surface area contributed by atoms with Crippen LogP contribution in [0.2, 0.25) is 0 Å². The Morgan fingerprint density at radius 3 is 2.94 bits per heavy atom. The SMILES string of the molecule is O=C(O)[C@@H]1Cc2ccc(Cn3ccnc3)cc2C1. The van der Waals surface area contributed by atoms with E-state index in [1.165, 1.54) is 16.7 Å². The first-order valence-corrected chi connectivity index (χ1v) is 6.01. The normalized spacial score (nSPS) is 17.7. The van der Waals surface area contributed by atoms with Crippen LogP contribution in [0.4, 0.5) is 0 Å². The van der Waals surface area contributed by atoms with Crippen LogP contribution in [-0.2, 0) is 24.2 Å². The van der Waals surface area contributed by atoms with Gasteiger partial charge in [-0.15, -0.1) is 0 Å². The van der Waals surface area contributed by atoms with Crippen LogP contribution in [0.25, 0.3) is 0 Å². The van der Waals surface area contributed by atoms with Crippen molar-refractivity contribution >= 4 is 5.97 Å². The number of aliphatic carboxylic acids is 1. The number of rotatable bonds is 3. The Bertz CT molecular complexity index is 575. The predicted octanol–water partition coefficient (Wildman–Crippen LogP) is 1.73. The fourth-order valence-electron chi connectivity index (χ4n) is 2.54. The van der Waals surface area contributed by atoms with Crippen LogP contribution >= 0.6 is 0 Å². The van der Waals surface area contributed by atoms with E-state index in [-0.39, 0.29) is 5.92 Å². The van der Waals surface area contributed by atoms with Crippen molar-refractivity contribution in [2.75, 3.05) is 0 Å². The van der Waals surface area contributed by atoms with Crippen molar-refractivity contribution in [1.82, 2.24) is 9.55 Å². The lowest BCUT2D eigenvalue weighted by atomic mass is 10.1. The lowest BCUT2D eigenvalue weighted by Crippen LogP contribution is -2.12. The molecule has 0 fully saturated rings. The molecule has 1 atom stereocenters. The number of hydrogen-bond acceptors (Lipinski definition) is 2. The van der Waals surface area contributed by atoms with Crippen molar-refractivity contribution in [3.05, 3.63) is 53.6 Å². The highest BCUT2D eigenvalue weighted by Crippen LogP contribution is 2.28. The number of fused-ring (bicyclic) bond motifs is 1. The van der Waals surface area contributed by atoms with E-state index in [1.807, 2.05) is 10.8 Å². The van der Waals surface area contributed by atoms with Crippen molar-refractivity contribution in [2.45, 2.75) is 19.4 Å². The third-order valence-corrected chi connectivity index (χ3v) is 3.48. The van der Waals surface area contributed by atoms with E-state index in [4.69, 9.17) is 5.11 Å². The third-order valence-electron chi connectivity index (χ3n) is 3.48. The molecule has 0 saturated heterocycles. The second-order valence-electron chi connectivity index (χ2n) is 4.78. The Morgan fingerprint density at radius 1 is 1.39 bits per heavy atom. The van der Waals surface area contributed by atoms with Crippen LogP contribution in [0.3, 0.4) is 0 Å². The lowest BCUT2D eigenvalue weighted by Gasteiger charge is -2.05. The van der Waals surface area contributed by atoms with Gasteiger partial charge >= 0.3 is 5.97 Å². The minimum Gasteiger partial charge on any atom is -0.481 e. The molecule has 0 spiro atoms. The van der Waals surface area contributed by atoms with Crippen molar-refractivity contribution in [1.29, 1.82) is 0 Å². The molecule has 1 aromatic carbocycles. The zero-order valence-electron chi connectivity index (χ0n) is 9.91. The summed E-state index contributed by atoms with van der Waals surface area (Å²) in [6.45, 7) is 0.783. The van der Waals surface area contributed by atoms with E-state index in [9.17, 15) is 4.79 Å². The van der Waals surface area contributed by atoms with E-state index in [0.717, 1.165) is 6.54 Å². The van der Waals surface area contributed by atoms with E-state index < -0.39 is 5.97 Å². The van der Waals surface area contributed by atoms with Crippen LogP contribution in [0.15, 0.2) is 36.9 Å². The Morgan fingerprint density at radius 2 is 2.22 bits per heavy atom. The molecule has 92 valence electrons. The van der Waals surface area contributed by atoms with E-state index >= 15 is 0 Å². The summed E-state index contributed by atoms with van der Waals surface area (Å²) in [5, 5.41) is 9.05. The van der Waals surface area contributed by atoms with Gasteiger partial charge in [-0.2, -0.15) is 0 Å². The zero-order chi connectivity index (χ0) is 12.5. The molecule has 0 saturated carbocycles. The van der Waals surface area contributed by atoms with Gasteiger partial charge in [0.25, 0.3) is 0 Å². The highest BCUT2D eigenvalue weighted by Gasteiger charge is 2.26. The first-order chi connectivity index (χ1) is 8.72. The summed E-state index contributed by atoms with van der Waals surface area (Å²) < 4.78 is 2.01. The summed E-state index contributed by atoms with van der Waals surface area (Å²) in [4.78, 5) is 15.0. The molecule has 0 bridgehead atoms. The summed E-state index contributed by atoms with van der Waals surface area (Å²) in [7, 11) is 0. The molecule has 2 aromatic rings. The molecule has 1 aromatic heterocycles. The molecule has 0 aliphatic heterocycles. The van der Waals surface area contributed by atoms with Crippen molar-refractivity contribution in [3.63, 3.8) is 0 Å². The Kier molecular flexibility index (Phi) is 2.63. The zero-order valence-corrected chi connectivity index (χ0v) is 9.91. The lowest BCUT2D eigenvalue weighted by molar-refractivity contribution is -0.141. The maximum absolute atomic E-state index is 11.0. The monoisotopic (exact) mass is 242 g/mol. The molecule has 4 heteroatoms. The van der Waals surface area contributed by atoms with Gasteiger partial charge in [-0.3, -0.25) is 4.79 Å². The van der Waals surface area contributed by atoms with Gasteiger partial charge in [-0.25, -0.2) is 4.98 Å². The van der Waals surface area contributed by atoms with Crippen LogP contribution < -0.4 is 0 Å². The van der Waals surface area contributed by atoms with Crippen LogP contribution in [0, 0.1) is 5.92 Å². The third kappa shape index (κ3) is 2.01. The molecule has 1 aliphatic rings.